The van der Waals surface area contributed by atoms with Crippen molar-refractivity contribution in [1.82, 2.24) is 5.32 Å². The van der Waals surface area contributed by atoms with Crippen LogP contribution in [0.15, 0.2) is 18.2 Å². The first-order valence-electron chi connectivity index (χ1n) is 5.61. The number of hydrogen-bond donors (Lipinski definition) is 1. The number of hydrogen-bond acceptors (Lipinski definition) is 4. The van der Waals surface area contributed by atoms with Gasteiger partial charge >= 0.3 is 0 Å². The van der Waals surface area contributed by atoms with Gasteiger partial charge in [-0.15, -0.1) is 0 Å². The second-order valence-corrected chi connectivity index (χ2v) is 4.79. The van der Waals surface area contributed by atoms with Crippen LogP contribution >= 0.6 is 0 Å². The van der Waals surface area contributed by atoms with E-state index in [9.17, 15) is 0 Å². The van der Waals surface area contributed by atoms with E-state index in [1.165, 1.54) is 0 Å². The summed E-state index contributed by atoms with van der Waals surface area (Å²) >= 11 is 0. The molecular formula is C13H16N2O2. The molecule has 17 heavy (non-hydrogen) atoms. The lowest BCUT2D eigenvalue weighted by atomic mass is 9.96. The van der Waals surface area contributed by atoms with Crippen molar-refractivity contribution in [1.29, 1.82) is 5.26 Å². The summed E-state index contributed by atoms with van der Waals surface area (Å²) in [5.74, 6) is 1.59. The smallest absolute Gasteiger partial charge is 0.231 e. The third kappa shape index (κ3) is 2.89. The Balaban J connectivity index is 1.90. The summed E-state index contributed by atoms with van der Waals surface area (Å²) < 4.78 is 10.5. The van der Waals surface area contributed by atoms with Crippen molar-refractivity contribution in [2.24, 2.45) is 5.41 Å². The highest BCUT2D eigenvalue weighted by Gasteiger charge is 2.16. The zero-order valence-corrected chi connectivity index (χ0v) is 10.1. The van der Waals surface area contributed by atoms with Crippen LogP contribution in [0.1, 0.15) is 19.4 Å². The Morgan fingerprint density at radius 1 is 1.35 bits per heavy atom. The molecule has 2 rings (SSSR count). The highest BCUT2D eigenvalue weighted by Crippen LogP contribution is 2.32. The van der Waals surface area contributed by atoms with Crippen molar-refractivity contribution in [2.45, 2.75) is 20.4 Å². The number of nitrogens with one attached hydrogen (secondary N) is 1. The summed E-state index contributed by atoms with van der Waals surface area (Å²) in [5.41, 5.74) is 0.791. The molecule has 0 amide bonds. The standard InChI is InChI=1S/C13H16N2O2/c1-13(2,7-14)8-15-6-10-3-4-11-12(5-10)17-9-16-11/h3-5,15H,6,8-9H2,1-2H3. The van der Waals surface area contributed by atoms with Gasteiger partial charge in [-0.25, -0.2) is 0 Å². The molecule has 0 saturated heterocycles. The normalized spacial score (nSPS) is 13.5. The second kappa shape index (κ2) is 4.64. The lowest BCUT2D eigenvalue weighted by Crippen LogP contribution is -2.27. The Labute approximate surface area is 101 Å². The van der Waals surface area contributed by atoms with Gasteiger partial charge in [-0.1, -0.05) is 6.07 Å². The molecule has 0 atom stereocenters. The van der Waals surface area contributed by atoms with Crippen LogP contribution in [0.3, 0.4) is 0 Å². The summed E-state index contributed by atoms with van der Waals surface area (Å²) in [5, 5.41) is 12.2. The molecule has 1 aliphatic heterocycles. The van der Waals surface area contributed by atoms with E-state index in [-0.39, 0.29) is 5.41 Å². The van der Waals surface area contributed by atoms with Gasteiger partial charge in [-0.3, -0.25) is 0 Å². The molecule has 0 saturated carbocycles. The molecule has 1 N–H and O–H groups in total. The van der Waals surface area contributed by atoms with E-state index in [2.05, 4.69) is 11.4 Å². The van der Waals surface area contributed by atoms with Crippen molar-refractivity contribution < 1.29 is 9.47 Å². The molecule has 1 heterocycles. The summed E-state index contributed by atoms with van der Waals surface area (Å²) in [6, 6.07) is 8.14. The van der Waals surface area contributed by atoms with Gasteiger partial charge in [0.1, 0.15) is 0 Å². The monoisotopic (exact) mass is 232 g/mol. The molecule has 0 aliphatic carbocycles. The first-order chi connectivity index (χ1) is 8.11. The maximum Gasteiger partial charge on any atom is 0.231 e. The Bertz CT molecular complexity index is 449. The van der Waals surface area contributed by atoms with E-state index < -0.39 is 0 Å². The Hall–Kier alpha value is -1.73. The molecule has 0 radical (unpaired) electrons. The lowest BCUT2D eigenvalue weighted by molar-refractivity contribution is 0.174. The Morgan fingerprint density at radius 2 is 2.12 bits per heavy atom. The van der Waals surface area contributed by atoms with Gasteiger partial charge in [-0.05, 0) is 31.5 Å². The Morgan fingerprint density at radius 3 is 2.88 bits per heavy atom. The van der Waals surface area contributed by atoms with E-state index in [0.717, 1.165) is 23.6 Å². The van der Waals surface area contributed by atoms with Crippen LogP contribution in [0, 0.1) is 16.7 Å². The van der Waals surface area contributed by atoms with Crippen molar-refractivity contribution in [3.63, 3.8) is 0 Å². The third-order valence-corrected chi connectivity index (χ3v) is 2.64. The zero-order chi connectivity index (χ0) is 12.3. The van der Waals surface area contributed by atoms with Crippen molar-refractivity contribution in [3.8, 4) is 17.6 Å². The van der Waals surface area contributed by atoms with Crippen LogP contribution in [0.25, 0.3) is 0 Å². The summed E-state index contributed by atoms with van der Waals surface area (Å²) in [6.45, 7) is 5.52. The molecule has 0 fully saturated rings. The highest BCUT2D eigenvalue weighted by atomic mass is 16.7. The minimum Gasteiger partial charge on any atom is -0.454 e. The summed E-state index contributed by atoms with van der Waals surface area (Å²) in [6.07, 6.45) is 0. The highest BCUT2D eigenvalue weighted by molar-refractivity contribution is 5.44. The molecule has 1 aromatic carbocycles. The van der Waals surface area contributed by atoms with E-state index >= 15 is 0 Å². The average molecular weight is 232 g/mol. The number of rotatable bonds is 4. The fraction of sp³-hybridized carbons (Fsp3) is 0.462. The van der Waals surface area contributed by atoms with Gasteiger partial charge in [0.15, 0.2) is 11.5 Å². The third-order valence-electron chi connectivity index (χ3n) is 2.64. The molecule has 1 aromatic rings. The second-order valence-electron chi connectivity index (χ2n) is 4.79. The first-order valence-corrected chi connectivity index (χ1v) is 5.61. The number of nitriles is 1. The van der Waals surface area contributed by atoms with E-state index in [1.807, 2.05) is 32.0 Å². The number of nitrogens with zero attached hydrogens (tertiary/aromatic N) is 1. The van der Waals surface area contributed by atoms with Gasteiger partial charge in [0, 0.05) is 13.1 Å². The van der Waals surface area contributed by atoms with E-state index in [1.54, 1.807) is 0 Å². The number of ether oxygens (including phenoxy) is 2. The molecule has 0 bridgehead atoms. The number of fused-ring (bicyclic) bond motifs is 1. The summed E-state index contributed by atoms with van der Waals surface area (Å²) in [4.78, 5) is 0. The SMILES string of the molecule is CC(C)(C#N)CNCc1ccc2c(c1)OCO2. The molecule has 0 spiro atoms. The molecule has 4 nitrogen and oxygen atoms in total. The minimum absolute atomic E-state index is 0.299. The van der Waals surface area contributed by atoms with Gasteiger partial charge in [-0.2, -0.15) is 5.26 Å². The maximum absolute atomic E-state index is 8.89. The summed E-state index contributed by atoms with van der Waals surface area (Å²) in [7, 11) is 0. The van der Waals surface area contributed by atoms with Gasteiger partial charge < -0.3 is 14.8 Å². The van der Waals surface area contributed by atoms with Crippen LogP contribution in [-0.2, 0) is 6.54 Å². The van der Waals surface area contributed by atoms with Crippen molar-refractivity contribution in [2.75, 3.05) is 13.3 Å². The fourth-order valence-electron chi connectivity index (χ4n) is 1.61. The number of benzene rings is 1. The maximum atomic E-state index is 8.89. The lowest BCUT2D eigenvalue weighted by Gasteiger charge is -2.15. The average Bonchev–Trinajstić information content (AvgIpc) is 2.76. The predicted octanol–water partition coefficient (Wildman–Crippen LogP) is 2.05. The molecule has 0 unspecified atom stereocenters. The predicted molar refractivity (Wildman–Crippen MR) is 63.7 cm³/mol. The van der Waals surface area contributed by atoms with Gasteiger partial charge in [0.05, 0.1) is 11.5 Å². The fourth-order valence-corrected chi connectivity index (χ4v) is 1.61. The molecule has 0 aromatic heterocycles. The first kappa shape index (κ1) is 11.7. The molecule has 90 valence electrons. The van der Waals surface area contributed by atoms with Crippen molar-refractivity contribution in [3.05, 3.63) is 23.8 Å². The largest absolute Gasteiger partial charge is 0.454 e. The van der Waals surface area contributed by atoms with Gasteiger partial charge in [0.25, 0.3) is 0 Å². The van der Waals surface area contributed by atoms with Crippen LogP contribution in [0.2, 0.25) is 0 Å². The molecular weight excluding hydrogens is 216 g/mol. The van der Waals surface area contributed by atoms with Crippen LogP contribution in [0.5, 0.6) is 11.5 Å². The van der Waals surface area contributed by atoms with Gasteiger partial charge in [0.2, 0.25) is 6.79 Å². The minimum atomic E-state index is -0.337. The van der Waals surface area contributed by atoms with Crippen molar-refractivity contribution >= 4 is 0 Å². The van der Waals surface area contributed by atoms with Crippen LogP contribution in [0.4, 0.5) is 0 Å². The molecule has 4 heteroatoms. The van der Waals surface area contributed by atoms with E-state index in [4.69, 9.17) is 14.7 Å². The van der Waals surface area contributed by atoms with E-state index in [0.29, 0.717) is 13.3 Å². The van der Waals surface area contributed by atoms with Crippen LogP contribution < -0.4 is 14.8 Å². The zero-order valence-electron chi connectivity index (χ0n) is 10.1. The molecule has 1 aliphatic rings. The topological polar surface area (TPSA) is 54.3 Å². The Kier molecular flexibility index (Phi) is 3.21. The van der Waals surface area contributed by atoms with Crippen LogP contribution in [-0.4, -0.2) is 13.3 Å². The quantitative estimate of drug-likeness (QED) is 0.863.